The number of nitrogens with zero attached hydrogens (tertiary/aromatic N) is 1. The van der Waals surface area contributed by atoms with E-state index in [2.05, 4.69) is 51.8 Å². The average Bonchev–Trinajstić information content (AvgIpc) is 3.19. The number of nitrogens with one attached hydrogen (secondary N) is 4. The third-order valence-electron chi connectivity index (χ3n) is 5.17. The second kappa shape index (κ2) is 6.27. The first kappa shape index (κ1) is 15.7. The van der Waals surface area contributed by atoms with Crippen molar-refractivity contribution in [3.8, 4) is 0 Å². The highest BCUT2D eigenvalue weighted by atomic mass is 16.2. The van der Waals surface area contributed by atoms with Crippen LogP contribution in [0.4, 0.5) is 4.79 Å². The van der Waals surface area contributed by atoms with E-state index in [1.807, 2.05) is 12.3 Å². The maximum Gasteiger partial charge on any atom is 0.315 e. The quantitative estimate of drug-likeness (QED) is 0.590. The first-order valence-electron chi connectivity index (χ1n) is 8.76. The Morgan fingerprint density at radius 1 is 1.36 bits per heavy atom. The van der Waals surface area contributed by atoms with Gasteiger partial charge in [-0.1, -0.05) is 6.07 Å². The Morgan fingerprint density at radius 3 is 3.12 bits per heavy atom. The predicted molar refractivity (Wildman–Crippen MR) is 97.4 cm³/mol. The highest BCUT2D eigenvalue weighted by Crippen LogP contribution is 2.27. The number of urea groups is 1. The molecule has 3 aromatic rings. The molecule has 2 aromatic heterocycles. The number of hydrogen-bond donors (Lipinski definition) is 4. The van der Waals surface area contributed by atoms with Crippen molar-refractivity contribution >= 4 is 16.9 Å². The van der Waals surface area contributed by atoms with Crippen molar-refractivity contribution in [3.63, 3.8) is 0 Å². The van der Waals surface area contributed by atoms with Crippen LogP contribution in [0.25, 0.3) is 10.9 Å². The zero-order chi connectivity index (χ0) is 17.4. The van der Waals surface area contributed by atoms with Crippen LogP contribution in [0.3, 0.4) is 0 Å². The fraction of sp³-hybridized carbons (Fsp3) is 0.368. The van der Waals surface area contributed by atoms with Crippen LogP contribution in [0.15, 0.2) is 24.4 Å². The first-order valence-corrected chi connectivity index (χ1v) is 8.76. The van der Waals surface area contributed by atoms with Crippen molar-refractivity contribution < 1.29 is 4.79 Å². The number of benzene rings is 1. The molecule has 6 nitrogen and oxygen atoms in total. The summed E-state index contributed by atoms with van der Waals surface area (Å²) in [6.45, 7) is 4.70. The van der Waals surface area contributed by atoms with E-state index in [0.29, 0.717) is 6.54 Å². The van der Waals surface area contributed by atoms with E-state index in [-0.39, 0.29) is 12.1 Å². The van der Waals surface area contributed by atoms with Crippen molar-refractivity contribution in [2.45, 2.75) is 45.7 Å². The Morgan fingerprint density at radius 2 is 2.24 bits per heavy atom. The summed E-state index contributed by atoms with van der Waals surface area (Å²) in [6.07, 6.45) is 4.90. The van der Waals surface area contributed by atoms with E-state index in [1.54, 1.807) is 0 Å². The largest absolute Gasteiger partial charge is 0.358 e. The zero-order valence-corrected chi connectivity index (χ0v) is 14.6. The SMILES string of the molecule is Cc1[nH]c2ccc(CNC(=O)N[C@H]3CCCc4cn[nH]c43)cc2c1C. The number of aromatic amines is 2. The molecule has 4 N–H and O–H groups in total. The average molecular weight is 337 g/mol. The Bertz CT molecular complexity index is 923. The lowest BCUT2D eigenvalue weighted by molar-refractivity contribution is 0.235. The van der Waals surface area contributed by atoms with Crippen molar-refractivity contribution in [1.29, 1.82) is 0 Å². The van der Waals surface area contributed by atoms with Crippen LogP contribution in [0.1, 0.15) is 47.0 Å². The van der Waals surface area contributed by atoms with E-state index < -0.39 is 0 Å². The summed E-state index contributed by atoms with van der Waals surface area (Å²) in [4.78, 5) is 15.7. The molecule has 1 aliphatic carbocycles. The molecule has 0 saturated heterocycles. The molecule has 1 aliphatic rings. The molecule has 2 heterocycles. The van der Waals surface area contributed by atoms with Gasteiger partial charge >= 0.3 is 6.03 Å². The van der Waals surface area contributed by atoms with Gasteiger partial charge in [-0.3, -0.25) is 5.10 Å². The number of carbonyl (C=O) groups excluding carboxylic acids is 1. The number of hydrogen-bond acceptors (Lipinski definition) is 2. The van der Waals surface area contributed by atoms with Gasteiger partial charge in [0.05, 0.1) is 17.9 Å². The second-order valence-electron chi connectivity index (χ2n) is 6.84. The molecule has 130 valence electrons. The summed E-state index contributed by atoms with van der Waals surface area (Å²) in [5.41, 5.74) is 6.93. The normalized spacial score (nSPS) is 16.6. The minimum atomic E-state index is -0.144. The second-order valence-corrected chi connectivity index (χ2v) is 6.84. The molecule has 25 heavy (non-hydrogen) atoms. The molecule has 0 radical (unpaired) electrons. The fourth-order valence-electron chi connectivity index (χ4n) is 3.62. The minimum absolute atomic E-state index is 0.0169. The Labute approximate surface area is 146 Å². The lowest BCUT2D eigenvalue weighted by atomic mass is 9.94. The van der Waals surface area contributed by atoms with Crippen LogP contribution in [0, 0.1) is 13.8 Å². The fourth-order valence-corrected chi connectivity index (χ4v) is 3.62. The van der Waals surface area contributed by atoms with Gasteiger partial charge in [-0.2, -0.15) is 5.10 Å². The number of aryl methyl sites for hydroxylation is 3. The Balaban J connectivity index is 1.40. The highest BCUT2D eigenvalue weighted by molar-refractivity contribution is 5.85. The molecule has 0 aliphatic heterocycles. The molecule has 6 heteroatoms. The molecule has 2 amide bonds. The van der Waals surface area contributed by atoms with Crippen molar-refractivity contribution in [2.75, 3.05) is 0 Å². The lowest BCUT2D eigenvalue weighted by Crippen LogP contribution is -2.38. The van der Waals surface area contributed by atoms with Crippen LogP contribution < -0.4 is 10.6 Å². The van der Waals surface area contributed by atoms with E-state index in [9.17, 15) is 4.79 Å². The van der Waals surface area contributed by atoms with Crippen molar-refractivity contribution in [2.24, 2.45) is 0 Å². The number of aromatic nitrogens is 3. The van der Waals surface area contributed by atoms with Gasteiger partial charge in [0.2, 0.25) is 0 Å². The topological polar surface area (TPSA) is 85.6 Å². The van der Waals surface area contributed by atoms with Gasteiger partial charge in [0.25, 0.3) is 0 Å². The molecule has 0 unspecified atom stereocenters. The molecule has 1 aromatic carbocycles. The molecular weight excluding hydrogens is 314 g/mol. The van der Waals surface area contributed by atoms with E-state index in [0.717, 1.165) is 36.0 Å². The molecular formula is C19H23N5O. The van der Waals surface area contributed by atoms with Crippen LogP contribution in [0.2, 0.25) is 0 Å². The third-order valence-corrected chi connectivity index (χ3v) is 5.17. The maximum atomic E-state index is 12.3. The Hall–Kier alpha value is -2.76. The molecule has 0 bridgehead atoms. The van der Waals surface area contributed by atoms with Crippen LogP contribution in [-0.2, 0) is 13.0 Å². The predicted octanol–water partition coefficient (Wildman–Crippen LogP) is 3.38. The smallest absolute Gasteiger partial charge is 0.315 e. The van der Waals surface area contributed by atoms with Crippen LogP contribution in [0.5, 0.6) is 0 Å². The highest BCUT2D eigenvalue weighted by Gasteiger charge is 2.23. The van der Waals surface area contributed by atoms with Crippen molar-refractivity contribution in [1.82, 2.24) is 25.8 Å². The van der Waals surface area contributed by atoms with Gasteiger partial charge in [-0.05, 0) is 61.9 Å². The van der Waals surface area contributed by atoms with Gasteiger partial charge in [0.15, 0.2) is 0 Å². The summed E-state index contributed by atoms with van der Waals surface area (Å²) in [5.74, 6) is 0. The summed E-state index contributed by atoms with van der Waals surface area (Å²) in [5, 5.41) is 14.4. The molecule has 0 fully saturated rings. The number of rotatable bonds is 3. The Kier molecular flexibility index (Phi) is 3.95. The third kappa shape index (κ3) is 2.99. The lowest BCUT2D eigenvalue weighted by Gasteiger charge is -2.23. The zero-order valence-electron chi connectivity index (χ0n) is 14.6. The molecule has 1 atom stereocenters. The number of amides is 2. The van der Waals surface area contributed by atoms with Gasteiger partial charge in [-0.25, -0.2) is 4.79 Å². The number of carbonyl (C=O) groups is 1. The van der Waals surface area contributed by atoms with E-state index in [4.69, 9.17) is 0 Å². The standard InChI is InChI=1S/C19H23N5O/c1-11-12(2)22-16-7-6-13(8-15(11)16)9-20-19(25)23-17-5-3-4-14-10-21-24-18(14)17/h6-8,10,17,22H,3-5,9H2,1-2H3,(H,21,24)(H2,20,23,25)/t17-/m0/s1. The van der Waals surface area contributed by atoms with Crippen LogP contribution in [-0.4, -0.2) is 21.2 Å². The van der Waals surface area contributed by atoms with E-state index >= 15 is 0 Å². The molecule has 0 spiro atoms. The summed E-state index contributed by atoms with van der Waals surface area (Å²) in [6, 6.07) is 6.13. The van der Waals surface area contributed by atoms with E-state index in [1.165, 1.54) is 22.2 Å². The maximum absolute atomic E-state index is 12.3. The van der Waals surface area contributed by atoms with Gasteiger partial charge in [0.1, 0.15) is 0 Å². The summed E-state index contributed by atoms with van der Waals surface area (Å²) >= 11 is 0. The number of fused-ring (bicyclic) bond motifs is 2. The molecule has 4 rings (SSSR count). The van der Waals surface area contributed by atoms with Gasteiger partial charge in [-0.15, -0.1) is 0 Å². The van der Waals surface area contributed by atoms with Crippen molar-refractivity contribution in [3.05, 3.63) is 52.5 Å². The number of H-pyrrole nitrogens is 2. The summed E-state index contributed by atoms with van der Waals surface area (Å²) in [7, 11) is 0. The monoisotopic (exact) mass is 337 g/mol. The first-order chi connectivity index (χ1) is 12.1. The van der Waals surface area contributed by atoms with Gasteiger partial charge < -0.3 is 15.6 Å². The van der Waals surface area contributed by atoms with Gasteiger partial charge in [0, 0.05) is 23.1 Å². The summed E-state index contributed by atoms with van der Waals surface area (Å²) < 4.78 is 0. The minimum Gasteiger partial charge on any atom is -0.358 e. The van der Waals surface area contributed by atoms with Crippen LogP contribution >= 0.6 is 0 Å². The molecule has 0 saturated carbocycles.